The van der Waals surface area contributed by atoms with Crippen LogP contribution in [0.3, 0.4) is 0 Å². The lowest BCUT2D eigenvalue weighted by Gasteiger charge is -2.32. The summed E-state index contributed by atoms with van der Waals surface area (Å²) >= 11 is 0. The molecule has 7 nitrogen and oxygen atoms in total. The van der Waals surface area contributed by atoms with Gasteiger partial charge < -0.3 is 24.5 Å². The van der Waals surface area contributed by atoms with Crippen LogP contribution in [0.15, 0.2) is 18.2 Å². The Labute approximate surface area is 166 Å². The summed E-state index contributed by atoms with van der Waals surface area (Å²) in [4.78, 5) is 23.4. The molecule has 0 bridgehead atoms. The Bertz CT molecular complexity index is 738. The number of aromatic carboxylic acids is 1. The molecule has 0 radical (unpaired) electrons. The molecule has 2 N–H and O–H groups in total. The van der Waals surface area contributed by atoms with Gasteiger partial charge in [0.25, 0.3) is 0 Å². The van der Waals surface area contributed by atoms with E-state index in [2.05, 4.69) is 5.32 Å². The maximum absolute atomic E-state index is 11.8. The van der Waals surface area contributed by atoms with Crippen LogP contribution in [0.2, 0.25) is 0 Å². The highest BCUT2D eigenvalue weighted by Gasteiger charge is 2.51. The molecule has 2 rings (SSSR count). The van der Waals surface area contributed by atoms with Crippen LogP contribution < -0.4 is 10.8 Å². The molecular formula is C20H30BNO6. The van der Waals surface area contributed by atoms with Crippen molar-refractivity contribution in [3.8, 4) is 0 Å². The lowest BCUT2D eigenvalue weighted by atomic mass is 9.77. The first kappa shape index (κ1) is 22.4. The molecule has 8 heteroatoms. The smallest absolute Gasteiger partial charge is 0.478 e. The van der Waals surface area contributed by atoms with Crippen molar-refractivity contribution in [3.63, 3.8) is 0 Å². The van der Waals surface area contributed by atoms with E-state index in [9.17, 15) is 14.7 Å². The van der Waals surface area contributed by atoms with Crippen molar-refractivity contribution in [2.45, 2.75) is 71.8 Å². The van der Waals surface area contributed by atoms with Crippen LogP contribution in [-0.2, 0) is 25.4 Å². The van der Waals surface area contributed by atoms with Gasteiger partial charge >= 0.3 is 19.1 Å². The molecule has 1 saturated heterocycles. The quantitative estimate of drug-likeness (QED) is 0.567. The van der Waals surface area contributed by atoms with Crippen LogP contribution in [0.1, 0.15) is 64.4 Å². The number of esters is 1. The number of hydrogen-bond donors (Lipinski definition) is 2. The summed E-state index contributed by atoms with van der Waals surface area (Å²) in [5.74, 6) is -1.40. The molecule has 28 heavy (non-hydrogen) atoms. The zero-order valence-corrected chi connectivity index (χ0v) is 17.7. The molecule has 1 fully saturated rings. The number of ether oxygens (including phenoxy) is 1. The van der Waals surface area contributed by atoms with Crippen LogP contribution in [0.5, 0.6) is 0 Å². The Morgan fingerprint density at radius 3 is 2.18 bits per heavy atom. The van der Waals surface area contributed by atoms with Gasteiger partial charge in [0.2, 0.25) is 0 Å². The minimum absolute atomic E-state index is 0.0282. The number of carbonyl (C=O) groups is 2. The van der Waals surface area contributed by atoms with Crippen LogP contribution in [0.25, 0.3) is 0 Å². The van der Waals surface area contributed by atoms with E-state index in [4.69, 9.17) is 14.0 Å². The molecule has 0 unspecified atom stereocenters. The van der Waals surface area contributed by atoms with Crippen LogP contribution in [0.4, 0.5) is 0 Å². The predicted molar refractivity (Wildman–Crippen MR) is 107 cm³/mol. The highest BCUT2D eigenvalue weighted by Crippen LogP contribution is 2.36. The maximum Gasteiger partial charge on any atom is 0.494 e. The summed E-state index contributed by atoms with van der Waals surface area (Å²) in [6.07, 6.45) is 0. The summed E-state index contributed by atoms with van der Waals surface area (Å²) in [6.45, 7) is 13.5. The van der Waals surface area contributed by atoms with E-state index in [0.717, 1.165) is 0 Å². The van der Waals surface area contributed by atoms with E-state index >= 15 is 0 Å². The number of carboxylic acid groups (broad SMARTS) is 1. The Hall–Kier alpha value is -1.90. The minimum Gasteiger partial charge on any atom is -0.478 e. The molecule has 0 atom stereocenters. The Morgan fingerprint density at radius 1 is 1.11 bits per heavy atom. The lowest BCUT2D eigenvalue weighted by Crippen LogP contribution is -2.41. The standard InChI is InChI=1S/C20H30BNO6/c1-18(2,3)26-16(23)12-22-11-13-8-14(17(24)25)10-15(9-13)21-27-19(4,5)20(6,7)28-21/h8-10,22H,11-12H2,1-7H3,(H,24,25). The van der Waals surface area contributed by atoms with E-state index in [1.165, 1.54) is 0 Å². The van der Waals surface area contributed by atoms with Gasteiger partial charge in [0.15, 0.2) is 0 Å². The molecule has 0 saturated carbocycles. The van der Waals surface area contributed by atoms with Gasteiger partial charge in [0.05, 0.1) is 23.3 Å². The van der Waals surface area contributed by atoms with E-state index in [-0.39, 0.29) is 18.1 Å². The average molecular weight is 391 g/mol. The predicted octanol–water partition coefficient (Wildman–Crippen LogP) is 2.12. The number of benzene rings is 1. The molecule has 0 aromatic heterocycles. The number of nitrogens with one attached hydrogen (secondary N) is 1. The van der Waals surface area contributed by atoms with Crippen molar-refractivity contribution < 1.29 is 28.7 Å². The Balaban J connectivity index is 2.14. The number of carboxylic acids is 1. The Morgan fingerprint density at radius 2 is 1.68 bits per heavy atom. The first-order valence-corrected chi connectivity index (χ1v) is 9.35. The third-order valence-electron chi connectivity index (χ3n) is 4.81. The molecule has 0 amide bonds. The van der Waals surface area contributed by atoms with E-state index in [1.807, 2.05) is 33.8 Å². The summed E-state index contributed by atoms with van der Waals surface area (Å²) < 4.78 is 17.3. The first-order valence-electron chi connectivity index (χ1n) is 9.35. The van der Waals surface area contributed by atoms with Crippen LogP contribution in [-0.4, -0.2) is 47.5 Å². The van der Waals surface area contributed by atoms with Crippen molar-refractivity contribution in [1.29, 1.82) is 0 Å². The van der Waals surface area contributed by atoms with Gasteiger partial charge in [-0.2, -0.15) is 0 Å². The van der Waals surface area contributed by atoms with Gasteiger partial charge in [-0.3, -0.25) is 4.79 Å². The molecule has 1 aliphatic heterocycles. The normalized spacial score (nSPS) is 18.2. The second-order valence-electron chi connectivity index (χ2n) is 9.05. The average Bonchev–Trinajstić information content (AvgIpc) is 2.73. The number of carbonyl (C=O) groups excluding carboxylic acids is 1. The molecule has 0 aliphatic carbocycles. The van der Waals surface area contributed by atoms with Crippen molar-refractivity contribution in [2.24, 2.45) is 0 Å². The zero-order chi connectivity index (χ0) is 21.3. The summed E-state index contributed by atoms with van der Waals surface area (Å²) in [6, 6.07) is 4.96. The molecule has 154 valence electrons. The SMILES string of the molecule is CC(C)(C)OC(=O)CNCc1cc(B2OC(C)(C)C(C)(C)O2)cc(C(=O)O)c1. The van der Waals surface area contributed by atoms with Gasteiger partial charge in [-0.15, -0.1) is 0 Å². The van der Waals surface area contributed by atoms with Crippen molar-refractivity contribution in [1.82, 2.24) is 5.32 Å². The molecule has 1 aromatic carbocycles. The van der Waals surface area contributed by atoms with Crippen LogP contribution >= 0.6 is 0 Å². The van der Waals surface area contributed by atoms with Gasteiger partial charge in [0.1, 0.15) is 5.60 Å². The molecule has 0 spiro atoms. The zero-order valence-electron chi connectivity index (χ0n) is 17.7. The number of rotatable bonds is 6. The van der Waals surface area contributed by atoms with Crippen molar-refractivity contribution in [2.75, 3.05) is 6.54 Å². The fourth-order valence-electron chi connectivity index (χ4n) is 2.75. The van der Waals surface area contributed by atoms with Gasteiger partial charge in [-0.25, -0.2) is 4.79 Å². The Kier molecular flexibility index (Phi) is 6.28. The summed E-state index contributed by atoms with van der Waals surface area (Å²) in [5.41, 5.74) is -0.105. The third-order valence-corrected chi connectivity index (χ3v) is 4.81. The molecule has 1 aromatic rings. The highest BCUT2D eigenvalue weighted by atomic mass is 16.7. The maximum atomic E-state index is 11.8. The first-order chi connectivity index (χ1) is 12.7. The molecule has 1 aliphatic rings. The van der Waals surface area contributed by atoms with E-state index < -0.39 is 29.9 Å². The summed E-state index contributed by atoms with van der Waals surface area (Å²) in [5, 5.41) is 12.4. The van der Waals surface area contributed by atoms with Gasteiger partial charge in [-0.05, 0) is 71.6 Å². The number of hydrogen-bond acceptors (Lipinski definition) is 6. The lowest BCUT2D eigenvalue weighted by molar-refractivity contribution is -0.153. The van der Waals surface area contributed by atoms with Crippen molar-refractivity contribution in [3.05, 3.63) is 29.3 Å². The second kappa shape index (κ2) is 7.85. The van der Waals surface area contributed by atoms with Crippen LogP contribution in [0, 0.1) is 0 Å². The summed E-state index contributed by atoms with van der Waals surface area (Å²) in [7, 11) is -0.658. The van der Waals surface area contributed by atoms with E-state index in [1.54, 1.807) is 32.9 Å². The molecular weight excluding hydrogens is 361 g/mol. The minimum atomic E-state index is -1.04. The van der Waals surface area contributed by atoms with Gasteiger partial charge in [0, 0.05) is 6.54 Å². The molecule has 1 heterocycles. The fourth-order valence-corrected chi connectivity index (χ4v) is 2.75. The topological polar surface area (TPSA) is 94.1 Å². The second-order valence-corrected chi connectivity index (χ2v) is 9.05. The van der Waals surface area contributed by atoms with Crippen molar-refractivity contribution >= 4 is 24.5 Å². The highest BCUT2D eigenvalue weighted by molar-refractivity contribution is 6.62. The monoisotopic (exact) mass is 391 g/mol. The third kappa shape index (κ3) is 5.56. The van der Waals surface area contributed by atoms with Gasteiger partial charge in [-0.1, -0.05) is 6.07 Å². The fraction of sp³-hybridized carbons (Fsp3) is 0.600. The van der Waals surface area contributed by atoms with E-state index in [0.29, 0.717) is 17.6 Å². The largest absolute Gasteiger partial charge is 0.494 e.